The average Bonchev–Trinajstić information content (AvgIpc) is 3.09. The Balaban J connectivity index is 2.10. The summed E-state index contributed by atoms with van der Waals surface area (Å²) >= 11 is 0. The summed E-state index contributed by atoms with van der Waals surface area (Å²) in [4.78, 5) is 12.2. The molecular formula is C24H21NO4. The summed E-state index contributed by atoms with van der Waals surface area (Å²) in [5.74, 6) is 0.522. The van der Waals surface area contributed by atoms with E-state index in [1.807, 2.05) is 60.7 Å². The van der Waals surface area contributed by atoms with Crippen LogP contribution in [-0.4, -0.2) is 29.9 Å². The number of carbonyl (C=O) groups is 1. The molecule has 4 aromatic rings. The molecule has 4 rings (SSSR count). The molecule has 1 N–H and O–H groups in total. The Morgan fingerprint density at radius 1 is 0.931 bits per heavy atom. The number of aromatic hydroxyl groups is 1. The molecule has 0 radical (unpaired) electrons. The number of phenols is 1. The van der Waals surface area contributed by atoms with Crippen LogP contribution in [-0.2, 0) is 16.0 Å². The fourth-order valence-electron chi connectivity index (χ4n) is 3.69. The number of aromatic nitrogens is 1. The average molecular weight is 387 g/mol. The number of rotatable bonds is 5. The number of hydrogen-bond acceptors (Lipinski definition) is 4. The fourth-order valence-corrected chi connectivity index (χ4v) is 3.69. The Bertz CT molecular complexity index is 1160. The molecule has 0 fully saturated rings. The summed E-state index contributed by atoms with van der Waals surface area (Å²) in [5, 5.41) is 11.3. The highest BCUT2D eigenvalue weighted by Gasteiger charge is 2.23. The zero-order valence-corrected chi connectivity index (χ0v) is 16.3. The molecule has 146 valence electrons. The van der Waals surface area contributed by atoms with Crippen molar-refractivity contribution in [2.45, 2.75) is 6.42 Å². The molecule has 5 heteroatoms. The highest BCUT2D eigenvalue weighted by Crippen LogP contribution is 2.40. The first-order chi connectivity index (χ1) is 14.1. The summed E-state index contributed by atoms with van der Waals surface area (Å²) in [6.07, 6.45) is 0.0535. The Morgan fingerprint density at radius 3 is 2.31 bits per heavy atom. The number of methoxy groups -OCH3 is 2. The van der Waals surface area contributed by atoms with Crippen molar-refractivity contribution in [1.29, 1.82) is 0 Å². The van der Waals surface area contributed by atoms with Gasteiger partial charge >= 0.3 is 5.97 Å². The van der Waals surface area contributed by atoms with Crippen LogP contribution in [0.2, 0.25) is 0 Å². The van der Waals surface area contributed by atoms with Crippen molar-refractivity contribution >= 4 is 16.9 Å². The van der Waals surface area contributed by atoms with E-state index < -0.39 is 0 Å². The maximum atomic E-state index is 12.2. The van der Waals surface area contributed by atoms with E-state index in [4.69, 9.17) is 9.47 Å². The lowest BCUT2D eigenvalue weighted by Crippen LogP contribution is -2.06. The van der Waals surface area contributed by atoms with E-state index in [9.17, 15) is 9.90 Å². The number of benzene rings is 3. The topological polar surface area (TPSA) is 60.7 Å². The van der Waals surface area contributed by atoms with Gasteiger partial charge in [0.1, 0.15) is 11.5 Å². The van der Waals surface area contributed by atoms with Gasteiger partial charge in [0, 0.05) is 16.6 Å². The lowest BCUT2D eigenvalue weighted by Gasteiger charge is -2.13. The summed E-state index contributed by atoms with van der Waals surface area (Å²) in [6.45, 7) is 0. The molecule has 0 saturated heterocycles. The van der Waals surface area contributed by atoms with Gasteiger partial charge in [0.15, 0.2) is 0 Å². The molecule has 29 heavy (non-hydrogen) atoms. The fraction of sp³-hybridized carbons (Fsp3) is 0.125. The van der Waals surface area contributed by atoms with Gasteiger partial charge in [0.25, 0.3) is 0 Å². The molecule has 0 atom stereocenters. The van der Waals surface area contributed by atoms with Crippen LogP contribution in [0, 0.1) is 0 Å². The highest BCUT2D eigenvalue weighted by atomic mass is 16.5. The van der Waals surface area contributed by atoms with Gasteiger partial charge in [-0.3, -0.25) is 4.79 Å². The molecule has 1 heterocycles. The maximum Gasteiger partial charge on any atom is 0.310 e. The second kappa shape index (κ2) is 7.72. The van der Waals surface area contributed by atoms with Crippen molar-refractivity contribution in [2.24, 2.45) is 0 Å². The first-order valence-electron chi connectivity index (χ1n) is 9.26. The van der Waals surface area contributed by atoms with Crippen molar-refractivity contribution < 1.29 is 19.4 Å². The quantitative estimate of drug-likeness (QED) is 0.503. The van der Waals surface area contributed by atoms with Gasteiger partial charge in [-0.2, -0.15) is 0 Å². The molecule has 0 spiro atoms. The van der Waals surface area contributed by atoms with Gasteiger partial charge in [0.2, 0.25) is 0 Å². The van der Waals surface area contributed by atoms with Crippen molar-refractivity contribution in [3.63, 3.8) is 0 Å². The van der Waals surface area contributed by atoms with Crippen molar-refractivity contribution in [2.75, 3.05) is 14.2 Å². The van der Waals surface area contributed by atoms with Crippen molar-refractivity contribution in [3.8, 4) is 28.4 Å². The van der Waals surface area contributed by atoms with Crippen LogP contribution in [0.15, 0.2) is 72.8 Å². The van der Waals surface area contributed by atoms with Crippen molar-refractivity contribution in [1.82, 2.24) is 4.57 Å². The third kappa shape index (κ3) is 3.31. The molecule has 0 unspecified atom stereocenters. The Hall–Kier alpha value is -3.73. The van der Waals surface area contributed by atoms with Gasteiger partial charge in [-0.15, -0.1) is 0 Å². The minimum absolute atomic E-state index is 0.0535. The van der Waals surface area contributed by atoms with Crippen LogP contribution >= 0.6 is 0 Å². The number of esters is 1. The number of hydrogen-bond donors (Lipinski definition) is 1. The van der Waals surface area contributed by atoms with Crippen LogP contribution in [0.3, 0.4) is 0 Å². The van der Waals surface area contributed by atoms with E-state index in [-0.39, 0.29) is 18.1 Å². The number of nitrogens with zero attached hydrogens (tertiary/aromatic N) is 1. The molecule has 5 nitrogen and oxygen atoms in total. The number of ether oxygens (including phenoxy) is 2. The van der Waals surface area contributed by atoms with Crippen LogP contribution in [0.1, 0.15) is 5.56 Å². The lowest BCUT2D eigenvalue weighted by molar-refractivity contribution is -0.139. The number of phenolic OH excluding ortho intramolecular Hbond substituents is 1. The SMILES string of the molecule is COC(=O)Cc1c(-c2ccccc2)n(-c2ccc(OC)cc2)c2cccc(O)c12. The number of fused-ring (bicyclic) bond motifs is 1. The first-order valence-corrected chi connectivity index (χ1v) is 9.26. The molecule has 0 amide bonds. The molecule has 1 aromatic heterocycles. The molecule has 0 saturated carbocycles. The minimum Gasteiger partial charge on any atom is -0.507 e. The third-order valence-electron chi connectivity index (χ3n) is 5.00. The van der Waals surface area contributed by atoms with E-state index in [0.717, 1.165) is 33.8 Å². The zero-order chi connectivity index (χ0) is 20.4. The first kappa shape index (κ1) is 18.6. The van der Waals surface area contributed by atoms with Crippen LogP contribution < -0.4 is 4.74 Å². The van der Waals surface area contributed by atoms with Crippen molar-refractivity contribution in [3.05, 3.63) is 78.4 Å². The van der Waals surface area contributed by atoms with E-state index in [1.54, 1.807) is 19.2 Å². The van der Waals surface area contributed by atoms with E-state index >= 15 is 0 Å². The lowest BCUT2D eigenvalue weighted by atomic mass is 10.0. The second-order valence-corrected chi connectivity index (χ2v) is 6.65. The van der Waals surface area contributed by atoms with E-state index in [2.05, 4.69) is 4.57 Å². The summed E-state index contributed by atoms with van der Waals surface area (Å²) < 4.78 is 12.3. The molecule has 0 aliphatic carbocycles. The van der Waals surface area contributed by atoms with Gasteiger partial charge in [-0.1, -0.05) is 36.4 Å². The largest absolute Gasteiger partial charge is 0.507 e. The molecule has 0 bridgehead atoms. The molecular weight excluding hydrogens is 366 g/mol. The van der Waals surface area contributed by atoms with Crippen LogP contribution in [0.25, 0.3) is 27.8 Å². The van der Waals surface area contributed by atoms with E-state index in [0.29, 0.717) is 5.39 Å². The Labute approximate surface area is 168 Å². The normalized spacial score (nSPS) is 10.8. The Morgan fingerprint density at radius 2 is 1.66 bits per heavy atom. The monoisotopic (exact) mass is 387 g/mol. The van der Waals surface area contributed by atoms with Gasteiger partial charge < -0.3 is 19.1 Å². The summed E-state index contributed by atoms with van der Waals surface area (Å²) in [6, 6.07) is 22.9. The van der Waals surface area contributed by atoms with Crippen LogP contribution in [0.4, 0.5) is 0 Å². The number of carbonyl (C=O) groups excluding carboxylic acids is 1. The zero-order valence-electron chi connectivity index (χ0n) is 16.3. The summed E-state index contributed by atoms with van der Waals surface area (Å²) in [5.41, 5.74) is 4.23. The maximum absolute atomic E-state index is 12.2. The Kier molecular flexibility index (Phi) is 4.96. The third-order valence-corrected chi connectivity index (χ3v) is 5.00. The molecule has 3 aromatic carbocycles. The van der Waals surface area contributed by atoms with Crippen LogP contribution in [0.5, 0.6) is 11.5 Å². The summed E-state index contributed by atoms with van der Waals surface area (Å²) in [7, 11) is 3.00. The van der Waals surface area contributed by atoms with Gasteiger partial charge in [0.05, 0.1) is 31.9 Å². The van der Waals surface area contributed by atoms with Gasteiger partial charge in [-0.25, -0.2) is 0 Å². The predicted molar refractivity (Wildman–Crippen MR) is 113 cm³/mol. The van der Waals surface area contributed by atoms with E-state index in [1.165, 1.54) is 7.11 Å². The van der Waals surface area contributed by atoms with Gasteiger partial charge in [-0.05, 0) is 42.0 Å². The standard InChI is InChI=1S/C24H21NO4/c1-28-18-13-11-17(12-14-18)25-20-9-6-10-21(26)23(20)19(15-22(27)29-2)24(25)16-7-4-3-5-8-16/h3-14,26H,15H2,1-2H3. The minimum atomic E-state index is -0.362. The predicted octanol–water partition coefficient (Wildman–Crippen LogP) is 4.73. The molecule has 0 aliphatic rings. The highest BCUT2D eigenvalue weighted by molar-refractivity contribution is 6.00. The second-order valence-electron chi connectivity index (χ2n) is 6.65. The molecule has 0 aliphatic heterocycles. The smallest absolute Gasteiger partial charge is 0.310 e.